The highest BCUT2D eigenvalue weighted by Gasteiger charge is 2.19. The van der Waals surface area contributed by atoms with E-state index in [1.165, 1.54) is 5.56 Å². The van der Waals surface area contributed by atoms with Gasteiger partial charge in [-0.2, -0.15) is 0 Å². The van der Waals surface area contributed by atoms with Crippen molar-refractivity contribution in [2.45, 2.75) is 45.6 Å². The molecule has 0 aliphatic rings. The van der Waals surface area contributed by atoms with Gasteiger partial charge in [-0.05, 0) is 42.0 Å². The largest absolute Gasteiger partial charge is 0.463 e. The molecule has 0 saturated heterocycles. The first kappa shape index (κ1) is 13.9. The van der Waals surface area contributed by atoms with Crippen LogP contribution in [-0.2, 0) is 5.41 Å². The number of furan rings is 1. The van der Waals surface area contributed by atoms with Crippen molar-refractivity contribution >= 4 is 0 Å². The number of aliphatic hydroxyl groups is 1. The van der Waals surface area contributed by atoms with Gasteiger partial charge in [-0.3, -0.25) is 0 Å². The van der Waals surface area contributed by atoms with Gasteiger partial charge in [-0.1, -0.05) is 45.0 Å². The maximum atomic E-state index is 10.3. The summed E-state index contributed by atoms with van der Waals surface area (Å²) in [6, 6.07) is 11.8. The van der Waals surface area contributed by atoms with Crippen molar-refractivity contribution < 1.29 is 9.52 Å². The summed E-state index contributed by atoms with van der Waals surface area (Å²) in [6.45, 7) is 8.53. The van der Waals surface area contributed by atoms with Crippen LogP contribution in [0.4, 0.5) is 0 Å². The van der Waals surface area contributed by atoms with Crippen LogP contribution in [0.5, 0.6) is 0 Å². The molecule has 1 unspecified atom stereocenters. The molecule has 19 heavy (non-hydrogen) atoms. The van der Waals surface area contributed by atoms with Crippen LogP contribution in [0.1, 0.15) is 55.9 Å². The fourth-order valence-electron chi connectivity index (χ4n) is 2.09. The van der Waals surface area contributed by atoms with Crippen LogP contribution in [0, 0.1) is 6.92 Å². The van der Waals surface area contributed by atoms with Gasteiger partial charge in [0.15, 0.2) is 0 Å². The van der Waals surface area contributed by atoms with Gasteiger partial charge < -0.3 is 9.52 Å². The van der Waals surface area contributed by atoms with Gasteiger partial charge >= 0.3 is 0 Å². The van der Waals surface area contributed by atoms with Gasteiger partial charge in [-0.15, -0.1) is 0 Å². The van der Waals surface area contributed by atoms with E-state index >= 15 is 0 Å². The molecule has 2 nitrogen and oxygen atoms in total. The first-order valence-electron chi connectivity index (χ1n) is 6.79. The van der Waals surface area contributed by atoms with Crippen LogP contribution in [0.25, 0.3) is 0 Å². The molecule has 1 aromatic heterocycles. The molecule has 0 spiro atoms. The summed E-state index contributed by atoms with van der Waals surface area (Å²) in [6.07, 6.45) is 0.402. The monoisotopic (exact) mass is 258 g/mol. The normalized spacial score (nSPS) is 13.5. The first-order valence-corrected chi connectivity index (χ1v) is 6.79. The smallest absolute Gasteiger partial charge is 0.137 e. The van der Waals surface area contributed by atoms with E-state index in [-0.39, 0.29) is 5.41 Å². The Morgan fingerprint density at radius 1 is 1.11 bits per heavy atom. The zero-order chi connectivity index (χ0) is 14.0. The van der Waals surface area contributed by atoms with E-state index in [2.05, 4.69) is 32.9 Å². The highest BCUT2D eigenvalue weighted by atomic mass is 16.4. The molecular weight excluding hydrogens is 236 g/mol. The Morgan fingerprint density at radius 2 is 1.74 bits per heavy atom. The zero-order valence-electron chi connectivity index (χ0n) is 12.1. The van der Waals surface area contributed by atoms with E-state index in [0.717, 1.165) is 17.7 Å². The Bertz CT molecular complexity index is 535. The van der Waals surface area contributed by atoms with E-state index in [4.69, 9.17) is 4.42 Å². The number of benzene rings is 1. The summed E-state index contributed by atoms with van der Waals surface area (Å²) >= 11 is 0. The molecule has 0 aliphatic carbocycles. The van der Waals surface area contributed by atoms with Gasteiger partial charge in [0.25, 0.3) is 0 Å². The average Bonchev–Trinajstić information content (AvgIpc) is 2.85. The van der Waals surface area contributed by atoms with E-state index in [1.54, 1.807) is 0 Å². The lowest BCUT2D eigenvalue weighted by Crippen LogP contribution is -2.15. The minimum absolute atomic E-state index is 0.171. The minimum atomic E-state index is -0.688. The molecule has 0 saturated carbocycles. The standard InChI is InChI=1S/C17H22O2/c1-5-17(3,4)14-9-7-13(8-10-14)16(18)15-11-6-12(2)19-15/h6-11,16,18H,5H2,1-4H3. The fraction of sp³-hybridized carbons (Fsp3) is 0.412. The summed E-state index contributed by atoms with van der Waals surface area (Å²) in [4.78, 5) is 0. The molecule has 0 aliphatic heterocycles. The Kier molecular flexibility index (Phi) is 3.81. The second-order valence-corrected chi connectivity index (χ2v) is 5.71. The van der Waals surface area contributed by atoms with E-state index in [9.17, 15) is 5.11 Å². The predicted octanol–water partition coefficient (Wildman–Crippen LogP) is 4.36. The minimum Gasteiger partial charge on any atom is -0.463 e. The topological polar surface area (TPSA) is 33.4 Å². The maximum Gasteiger partial charge on any atom is 0.137 e. The summed E-state index contributed by atoms with van der Waals surface area (Å²) in [5, 5.41) is 10.3. The van der Waals surface area contributed by atoms with Crippen LogP contribution < -0.4 is 0 Å². The Hall–Kier alpha value is -1.54. The molecular formula is C17H22O2. The van der Waals surface area contributed by atoms with Crippen molar-refractivity contribution in [2.24, 2.45) is 0 Å². The van der Waals surface area contributed by atoms with Gasteiger partial charge in [0.1, 0.15) is 17.6 Å². The number of aryl methyl sites for hydroxylation is 1. The first-order chi connectivity index (χ1) is 8.94. The van der Waals surface area contributed by atoms with Crippen LogP contribution in [0.2, 0.25) is 0 Å². The lowest BCUT2D eigenvalue weighted by Gasteiger charge is -2.23. The summed E-state index contributed by atoms with van der Waals surface area (Å²) < 4.78 is 5.47. The van der Waals surface area contributed by atoms with Crippen molar-refractivity contribution in [1.82, 2.24) is 0 Å². The van der Waals surface area contributed by atoms with Crippen molar-refractivity contribution in [3.8, 4) is 0 Å². The molecule has 2 heteroatoms. The zero-order valence-corrected chi connectivity index (χ0v) is 12.1. The number of hydrogen-bond acceptors (Lipinski definition) is 2. The highest BCUT2D eigenvalue weighted by Crippen LogP contribution is 2.29. The van der Waals surface area contributed by atoms with Crippen molar-refractivity contribution in [2.75, 3.05) is 0 Å². The van der Waals surface area contributed by atoms with Gasteiger partial charge in [0, 0.05) is 0 Å². The predicted molar refractivity (Wildman–Crippen MR) is 77.3 cm³/mol. The third-order valence-electron chi connectivity index (χ3n) is 3.92. The van der Waals surface area contributed by atoms with Crippen molar-refractivity contribution in [3.63, 3.8) is 0 Å². The second kappa shape index (κ2) is 5.22. The number of hydrogen-bond donors (Lipinski definition) is 1. The number of aliphatic hydroxyl groups excluding tert-OH is 1. The van der Waals surface area contributed by atoms with Gasteiger partial charge in [0.05, 0.1) is 0 Å². The molecule has 102 valence electrons. The molecule has 1 aromatic carbocycles. The van der Waals surface area contributed by atoms with E-state index in [1.807, 2.05) is 31.2 Å². The molecule has 0 radical (unpaired) electrons. The Morgan fingerprint density at radius 3 is 2.21 bits per heavy atom. The Labute approximate surface area is 115 Å². The van der Waals surface area contributed by atoms with E-state index in [0.29, 0.717) is 5.76 Å². The summed E-state index contributed by atoms with van der Waals surface area (Å²) in [5.74, 6) is 1.41. The van der Waals surface area contributed by atoms with Crippen molar-refractivity contribution in [1.29, 1.82) is 0 Å². The summed E-state index contributed by atoms with van der Waals surface area (Å²) in [7, 11) is 0. The molecule has 2 aromatic rings. The Balaban J connectivity index is 2.23. The lowest BCUT2D eigenvalue weighted by molar-refractivity contribution is 0.187. The fourth-order valence-corrected chi connectivity index (χ4v) is 2.09. The van der Waals surface area contributed by atoms with Crippen LogP contribution in [0.15, 0.2) is 40.8 Å². The SMILES string of the molecule is CCC(C)(C)c1ccc(C(O)c2ccc(C)o2)cc1. The quantitative estimate of drug-likeness (QED) is 0.884. The maximum absolute atomic E-state index is 10.3. The van der Waals surface area contributed by atoms with Crippen LogP contribution >= 0.6 is 0 Å². The highest BCUT2D eigenvalue weighted by molar-refractivity contribution is 5.32. The molecule has 0 fully saturated rings. The van der Waals surface area contributed by atoms with Crippen molar-refractivity contribution in [3.05, 3.63) is 59.0 Å². The van der Waals surface area contributed by atoms with Gasteiger partial charge in [-0.25, -0.2) is 0 Å². The van der Waals surface area contributed by atoms with Gasteiger partial charge in [0.2, 0.25) is 0 Å². The molecule has 2 rings (SSSR count). The van der Waals surface area contributed by atoms with Crippen LogP contribution in [0.3, 0.4) is 0 Å². The summed E-state index contributed by atoms with van der Waals surface area (Å²) in [5.41, 5.74) is 2.33. The molecule has 1 atom stereocenters. The third-order valence-corrected chi connectivity index (χ3v) is 3.92. The third kappa shape index (κ3) is 2.90. The number of rotatable bonds is 4. The van der Waals surface area contributed by atoms with E-state index < -0.39 is 6.10 Å². The average molecular weight is 258 g/mol. The molecule has 1 N–H and O–H groups in total. The lowest BCUT2D eigenvalue weighted by atomic mass is 9.82. The van der Waals surface area contributed by atoms with Crippen LogP contribution in [-0.4, -0.2) is 5.11 Å². The molecule has 0 bridgehead atoms. The molecule has 1 heterocycles. The second-order valence-electron chi connectivity index (χ2n) is 5.71. The molecule has 0 amide bonds.